The fourth-order valence-electron chi connectivity index (χ4n) is 4.92. The molecule has 1 aromatic carbocycles. The van der Waals surface area contributed by atoms with E-state index in [1.807, 2.05) is 4.90 Å². The molecule has 0 bridgehead atoms. The Morgan fingerprint density at radius 1 is 1.03 bits per heavy atom. The summed E-state index contributed by atoms with van der Waals surface area (Å²) in [6.45, 7) is -0.797. The van der Waals surface area contributed by atoms with Gasteiger partial charge >= 0.3 is 11.7 Å². The minimum Gasteiger partial charge on any atom is -0.490 e. The molecule has 10 heteroatoms. The molecule has 1 aromatic rings. The smallest absolute Gasteiger partial charge is 0.325 e. The molecule has 0 saturated heterocycles. The van der Waals surface area contributed by atoms with Crippen molar-refractivity contribution in [3.8, 4) is 5.75 Å². The summed E-state index contributed by atoms with van der Waals surface area (Å²) in [5, 5.41) is 13.5. The predicted molar refractivity (Wildman–Crippen MR) is 124 cm³/mol. The van der Waals surface area contributed by atoms with Crippen LogP contribution in [0.3, 0.4) is 0 Å². The number of carbonyl (C=O) groups excluding carboxylic acids is 3. The van der Waals surface area contributed by atoms with Crippen LogP contribution in [0.5, 0.6) is 5.75 Å². The molecule has 186 valence electrons. The number of ether oxygens (including phenoxy) is 2. The van der Waals surface area contributed by atoms with Crippen LogP contribution in [-0.4, -0.2) is 60.0 Å². The van der Waals surface area contributed by atoms with Crippen molar-refractivity contribution in [2.24, 2.45) is 0 Å². The lowest BCUT2D eigenvalue weighted by molar-refractivity contribution is -0.385. The van der Waals surface area contributed by atoms with Crippen LogP contribution >= 0.6 is 0 Å². The summed E-state index contributed by atoms with van der Waals surface area (Å²) in [5.74, 6) is -1.55. The Morgan fingerprint density at radius 2 is 1.62 bits per heavy atom. The van der Waals surface area contributed by atoms with Gasteiger partial charge in [-0.15, -0.1) is 0 Å². The second-order valence-electron chi connectivity index (χ2n) is 8.87. The third-order valence-corrected chi connectivity index (χ3v) is 6.61. The van der Waals surface area contributed by atoms with Gasteiger partial charge in [-0.1, -0.05) is 38.5 Å². The molecule has 3 rings (SSSR count). The number of hydrogen-bond donors (Lipinski definition) is 1. The highest BCUT2D eigenvalue weighted by atomic mass is 16.6. The van der Waals surface area contributed by atoms with Gasteiger partial charge in [0.25, 0.3) is 11.8 Å². The Morgan fingerprint density at radius 3 is 2.15 bits per heavy atom. The monoisotopic (exact) mass is 475 g/mol. The van der Waals surface area contributed by atoms with Crippen molar-refractivity contribution in [2.75, 3.05) is 20.3 Å². The van der Waals surface area contributed by atoms with Gasteiger partial charge in [0.15, 0.2) is 12.4 Å². The minimum absolute atomic E-state index is 0.0112. The van der Waals surface area contributed by atoms with Crippen molar-refractivity contribution in [3.63, 3.8) is 0 Å². The van der Waals surface area contributed by atoms with Crippen LogP contribution in [0, 0.1) is 10.1 Å². The van der Waals surface area contributed by atoms with Crippen LogP contribution in [0.2, 0.25) is 0 Å². The first-order valence-corrected chi connectivity index (χ1v) is 12.0. The van der Waals surface area contributed by atoms with Gasteiger partial charge in [0, 0.05) is 23.7 Å². The Kier molecular flexibility index (Phi) is 9.24. The van der Waals surface area contributed by atoms with E-state index >= 15 is 0 Å². The Labute approximate surface area is 199 Å². The largest absolute Gasteiger partial charge is 0.490 e. The number of benzene rings is 1. The summed E-state index contributed by atoms with van der Waals surface area (Å²) < 4.78 is 10.1. The lowest BCUT2D eigenvalue weighted by Crippen LogP contribution is -2.50. The first-order chi connectivity index (χ1) is 16.4. The molecule has 0 aromatic heterocycles. The van der Waals surface area contributed by atoms with E-state index in [0.29, 0.717) is 0 Å². The second kappa shape index (κ2) is 12.3. The molecule has 0 spiro atoms. The minimum atomic E-state index is -0.739. The van der Waals surface area contributed by atoms with Crippen LogP contribution in [0.15, 0.2) is 18.2 Å². The molecule has 34 heavy (non-hydrogen) atoms. The van der Waals surface area contributed by atoms with Crippen LogP contribution in [0.1, 0.15) is 74.6 Å². The predicted octanol–water partition coefficient (Wildman–Crippen LogP) is 3.37. The van der Waals surface area contributed by atoms with Gasteiger partial charge in [0.1, 0.15) is 6.54 Å². The van der Waals surface area contributed by atoms with Gasteiger partial charge in [-0.3, -0.25) is 24.5 Å². The number of hydrogen-bond acceptors (Lipinski definition) is 7. The average Bonchev–Trinajstić information content (AvgIpc) is 2.87. The SMILES string of the molecule is COc1ccc(C(=O)NCC(=O)OCC(=O)N(C2CCCCC2)C2CCCCC2)cc1[N+](=O)[O-]. The summed E-state index contributed by atoms with van der Waals surface area (Å²) in [5.41, 5.74) is -0.342. The van der Waals surface area contributed by atoms with Crippen molar-refractivity contribution in [2.45, 2.75) is 76.3 Å². The van der Waals surface area contributed by atoms with Gasteiger partial charge in [-0.05, 0) is 37.8 Å². The number of rotatable bonds is 9. The van der Waals surface area contributed by atoms with Crippen molar-refractivity contribution >= 4 is 23.5 Å². The van der Waals surface area contributed by atoms with E-state index in [0.717, 1.165) is 57.4 Å². The van der Waals surface area contributed by atoms with Crippen molar-refractivity contribution in [1.82, 2.24) is 10.2 Å². The third kappa shape index (κ3) is 6.68. The maximum atomic E-state index is 13.1. The fourth-order valence-corrected chi connectivity index (χ4v) is 4.92. The van der Waals surface area contributed by atoms with E-state index < -0.39 is 23.3 Å². The normalized spacial score (nSPS) is 17.0. The molecule has 2 aliphatic rings. The molecule has 2 amide bonds. The van der Waals surface area contributed by atoms with Gasteiger partial charge < -0.3 is 19.7 Å². The Hall–Kier alpha value is -3.17. The average molecular weight is 476 g/mol. The number of nitro benzene ring substituents is 1. The van der Waals surface area contributed by atoms with E-state index in [2.05, 4.69) is 5.32 Å². The highest BCUT2D eigenvalue weighted by Gasteiger charge is 2.32. The zero-order valence-electron chi connectivity index (χ0n) is 19.6. The number of amides is 2. The van der Waals surface area contributed by atoms with Gasteiger partial charge in [0.2, 0.25) is 0 Å². The molecule has 0 radical (unpaired) electrons. The first-order valence-electron chi connectivity index (χ1n) is 12.0. The maximum Gasteiger partial charge on any atom is 0.325 e. The molecular formula is C24H33N3O7. The second-order valence-corrected chi connectivity index (χ2v) is 8.87. The summed E-state index contributed by atoms with van der Waals surface area (Å²) in [7, 11) is 1.29. The van der Waals surface area contributed by atoms with Crippen LogP contribution in [-0.2, 0) is 14.3 Å². The van der Waals surface area contributed by atoms with Crippen LogP contribution in [0.25, 0.3) is 0 Å². The number of esters is 1. The zero-order valence-corrected chi connectivity index (χ0v) is 19.6. The lowest BCUT2D eigenvalue weighted by atomic mass is 9.88. The number of methoxy groups -OCH3 is 1. The van der Waals surface area contributed by atoms with Crippen molar-refractivity contribution < 1.29 is 28.8 Å². The molecule has 0 aliphatic heterocycles. The van der Waals surface area contributed by atoms with E-state index in [4.69, 9.17) is 9.47 Å². The zero-order chi connectivity index (χ0) is 24.5. The van der Waals surface area contributed by atoms with Gasteiger partial charge in [-0.25, -0.2) is 0 Å². The highest BCUT2D eigenvalue weighted by molar-refractivity contribution is 5.97. The molecule has 1 N–H and O–H groups in total. The van der Waals surface area contributed by atoms with E-state index in [9.17, 15) is 24.5 Å². The fraction of sp³-hybridized carbons (Fsp3) is 0.625. The number of nitrogens with zero attached hydrogens (tertiary/aromatic N) is 2. The Bertz CT molecular complexity index is 875. The maximum absolute atomic E-state index is 13.1. The topological polar surface area (TPSA) is 128 Å². The van der Waals surface area contributed by atoms with E-state index in [1.54, 1.807) is 0 Å². The molecular weight excluding hydrogens is 442 g/mol. The third-order valence-electron chi connectivity index (χ3n) is 6.61. The highest BCUT2D eigenvalue weighted by Crippen LogP contribution is 2.30. The van der Waals surface area contributed by atoms with Gasteiger partial charge in [0.05, 0.1) is 12.0 Å². The van der Waals surface area contributed by atoms with E-state index in [-0.39, 0.29) is 41.6 Å². The summed E-state index contributed by atoms with van der Waals surface area (Å²) in [6.07, 6.45) is 10.8. The van der Waals surface area contributed by atoms with Crippen molar-refractivity contribution in [3.05, 3.63) is 33.9 Å². The summed E-state index contributed by atoms with van der Waals surface area (Å²) in [4.78, 5) is 50.0. The van der Waals surface area contributed by atoms with E-state index in [1.165, 1.54) is 32.1 Å². The van der Waals surface area contributed by atoms with Crippen molar-refractivity contribution in [1.29, 1.82) is 0 Å². The van der Waals surface area contributed by atoms with Crippen LogP contribution < -0.4 is 10.1 Å². The first kappa shape index (κ1) is 25.5. The quantitative estimate of drug-likeness (QED) is 0.329. The van der Waals surface area contributed by atoms with Gasteiger partial charge in [-0.2, -0.15) is 0 Å². The number of carbonyl (C=O) groups is 3. The molecule has 2 fully saturated rings. The lowest BCUT2D eigenvalue weighted by Gasteiger charge is -2.41. The summed E-state index contributed by atoms with van der Waals surface area (Å²) >= 11 is 0. The van der Waals surface area contributed by atoms with Crippen LogP contribution in [0.4, 0.5) is 5.69 Å². The standard InChI is InChI=1S/C24H33N3O7/c1-33-21-13-12-17(14-20(21)27(31)32)24(30)25-15-23(29)34-16-22(28)26(18-8-4-2-5-9-18)19-10-6-3-7-11-19/h12-14,18-19H,2-11,15-16H2,1H3,(H,25,30). The molecule has 10 nitrogen and oxygen atoms in total. The molecule has 0 heterocycles. The number of nitro groups is 1. The molecule has 0 atom stereocenters. The molecule has 0 unspecified atom stereocenters. The summed E-state index contributed by atoms with van der Waals surface area (Å²) in [6, 6.07) is 4.16. The Balaban J connectivity index is 1.52. The molecule has 2 saturated carbocycles. The molecule has 2 aliphatic carbocycles. The number of nitrogens with one attached hydrogen (secondary N) is 1.